The molecular weight excluding hydrogens is 356 g/mol. The minimum absolute atomic E-state index is 0.122. The Labute approximate surface area is 150 Å². The number of hydrogen-bond donors (Lipinski definition) is 1. The highest BCUT2D eigenvalue weighted by Crippen LogP contribution is 2.17. The highest BCUT2D eigenvalue weighted by Gasteiger charge is 2.13. The van der Waals surface area contributed by atoms with Gasteiger partial charge in [0.1, 0.15) is 11.0 Å². The van der Waals surface area contributed by atoms with Crippen LogP contribution in [0.15, 0.2) is 41.3 Å². The lowest BCUT2D eigenvalue weighted by Crippen LogP contribution is -2.26. The van der Waals surface area contributed by atoms with Crippen LogP contribution >= 0.6 is 0 Å². The zero-order valence-electron chi connectivity index (χ0n) is 14.6. The number of carbonyl (C=O) groups excluding carboxylic acids is 1. The van der Waals surface area contributed by atoms with Crippen molar-refractivity contribution in [2.24, 2.45) is 0 Å². The van der Waals surface area contributed by atoms with Crippen molar-refractivity contribution in [2.45, 2.75) is 18.7 Å². The zero-order chi connectivity index (χ0) is 18.9. The minimum Gasteiger partial charge on any atom is -0.385 e. The van der Waals surface area contributed by atoms with E-state index in [1.54, 1.807) is 0 Å². The topological polar surface area (TPSA) is 103 Å². The molecule has 2 aromatic carbocycles. The van der Waals surface area contributed by atoms with Gasteiger partial charge in [0.2, 0.25) is 0 Å². The molecule has 0 atom stereocenters. The number of carbonyl (C=O) groups is 1. The lowest BCUT2D eigenvalue weighted by molar-refractivity contribution is -0.121. The molecule has 0 aliphatic heterocycles. The first kappa shape index (κ1) is 17.9. The summed E-state index contributed by atoms with van der Waals surface area (Å²) >= 11 is 0. The number of anilines is 1. The molecule has 1 aromatic heterocycles. The molecule has 1 heterocycles. The van der Waals surface area contributed by atoms with Crippen LogP contribution in [0.3, 0.4) is 0 Å². The largest absolute Gasteiger partial charge is 0.385 e. The number of aromatic nitrogens is 3. The number of hydrogen-bond acceptors (Lipinski definition) is 6. The van der Waals surface area contributed by atoms with Gasteiger partial charge in [-0.2, -0.15) is 0 Å². The fourth-order valence-electron chi connectivity index (χ4n) is 2.57. The molecule has 0 fully saturated rings. The first-order chi connectivity index (χ1) is 12.2. The average Bonchev–Trinajstić information content (AvgIpc) is 2.93. The van der Waals surface area contributed by atoms with E-state index in [4.69, 9.17) is 4.84 Å². The molecule has 0 bridgehead atoms. The fourth-order valence-corrected chi connectivity index (χ4v) is 3.21. The molecule has 3 aromatic rings. The van der Waals surface area contributed by atoms with Crippen LogP contribution in [0.4, 0.5) is 5.69 Å². The molecule has 0 spiro atoms. The van der Waals surface area contributed by atoms with Gasteiger partial charge >= 0.3 is 0 Å². The second kappa shape index (κ2) is 6.75. The maximum atomic E-state index is 12.1. The highest BCUT2D eigenvalue weighted by molar-refractivity contribution is 7.90. The quantitative estimate of drug-likeness (QED) is 0.726. The van der Waals surface area contributed by atoms with Crippen LogP contribution in [0.1, 0.15) is 11.1 Å². The average molecular weight is 374 g/mol. The second-order valence-corrected chi connectivity index (χ2v) is 8.10. The second-order valence-electron chi connectivity index (χ2n) is 6.08. The van der Waals surface area contributed by atoms with Gasteiger partial charge in [0, 0.05) is 11.9 Å². The van der Waals surface area contributed by atoms with Gasteiger partial charge in [0.05, 0.1) is 4.90 Å². The van der Waals surface area contributed by atoms with E-state index < -0.39 is 9.84 Å². The molecule has 0 radical (unpaired) electrons. The molecule has 0 unspecified atom stereocenters. The summed E-state index contributed by atoms with van der Waals surface area (Å²) in [6.45, 7) is 3.59. The molecule has 0 saturated carbocycles. The maximum Gasteiger partial charge on any atom is 0.265 e. The molecule has 1 N–H and O–H groups in total. The normalized spacial score (nSPS) is 11.5. The molecule has 26 heavy (non-hydrogen) atoms. The van der Waals surface area contributed by atoms with Crippen LogP contribution in [-0.4, -0.2) is 42.3 Å². The lowest BCUT2D eigenvalue weighted by Gasteiger charge is -2.09. The molecule has 0 aliphatic rings. The Balaban J connectivity index is 1.74. The van der Waals surface area contributed by atoms with Gasteiger partial charge in [-0.15, -0.1) is 5.10 Å². The molecule has 1 amide bonds. The Kier molecular flexibility index (Phi) is 4.64. The van der Waals surface area contributed by atoms with Gasteiger partial charge in [-0.1, -0.05) is 10.9 Å². The third-order valence-electron chi connectivity index (χ3n) is 3.64. The lowest BCUT2D eigenvalue weighted by atomic mass is 10.1. The SMILES string of the molecule is Cc1cc(C)cc(NC(=O)COn2nnc3ccc(S(C)(=O)=O)cc32)c1. The van der Waals surface area contributed by atoms with E-state index in [0.29, 0.717) is 16.7 Å². The predicted molar refractivity (Wildman–Crippen MR) is 96.6 cm³/mol. The summed E-state index contributed by atoms with van der Waals surface area (Å²) in [5.74, 6) is -0.363. The monoisotopic (exact) mass is 374 g/mol. The van der Waals surface area contributed by atoms with Gasteiger partial charge in [0.25, 0.3) is 5.91 Å². The molecule has 8 nitrogen and oxygen atoms in total. The molecule has 136 valence electrons. The first-order valence-electron chi connectivity index (χ1n) is 7.79. The Hall–Kier alpha value is -2.94. The van der Waals surface area contributed by atoms with Crippen molar-refractivity contribution >= 4 is 32.5 Å². The van der Waals surface area contributed by atoms with Crippen molar-refractivity contribution in [1.29, 1.82) is 0 Å². The van der Waals surface area contributed by atoms with Crippen LogP contribution in [0.25, 0.3) is 11.0 Å². The van der Waals surface area contributed by atoms with Crippen molar-refractivity contribution in [2.75, 3.05) is 18.2 Å². The van der Waals surface area contributed by atoms with Gasteiger partial charge < -0.3 is 10.2 Å². The zero-order valence-corrected chi connectivity index (χ0v) is 15.4. The van der Waals surface area contributed by atoms with Crippen molar-refractivity contribution in [3.8, 4) is 0 Å². The van der Waals surface area contributed by atoms with E-state index in [2.05, 4.69) is 15.6 Å². The van der Waals surface area contributed by atoms with Crippen LogP contribution in [0.5, 0.6) is 0 Å². The third-order valence-corrected chi connectivity index (χ3v) is 4.75. The molecule has 0 saturated heterocycles. The number of sulfone groups is 1. The molecule has 9 heteroatoms. The van der Waals surface area contributed by atoms with Gasteiger partial charge in [-0.05, 0) is 60.5 Å². The summed E-state index contributed by atoms with van der Waals surface area (Å²) in [4.78, 5) is 18.6. The summed E-state index contributed by atoms with van der Waals surface area (Å²) in [6, 6.07) is 10.1. The van der Waals surface area contributed by atoms with Crippen molar-refractivity contribution in [1.82, 2.24) is 15.2 Å². The van der Waals surface area contributed by atoms with Crippen LogP contribution in [0, 0.1) is 13.8 Å². The maximum absolute atomic E-state index is 12.1. The van der Waals surface area contributed by atoms with E-state index in [9.17, 15) is 13.2 Å². The summed E-state index contributed by atoms with van der Waals surface area (Å²) < 4.78 is 23.4. The Bertz CT molecular complexity index is 1070. The standard InChI is InChI=1S/C17H18N4O4S/c1-11-6-12(2)8-13(7-11)18-17(22)10-25-21-16-9-14(26(3,23)24)4-5-15(16)19-20-21/h4-9H,10H2,1-3H3,(H,18,22). The number of nitrogens with zero attached hydrogens (tertiary/aromatic N) is 3. The van der Waals surface area contributed by atoms with E-state index in [1.165, 1.54) is 18.2 Å². The fraction of sp³-hybridized carbons (Fsp3) is 0.235. The Morgan fingerprint density at radius 3 is 2.50 bits per heavy atom. The van der Waals surface area contributed by atoms with Crippen LogP contribution in [0.2, 0.25) is 0 Å². The summed E-state index contributed by atoms with van der Waals surface area (Å²) in [5, 5.41) is 10.4. The van der Waals surface area contributed by atoms with Gasteiger partial charge in [-0.3, -0.25) is 4.79 Å². The van der Waals surface area contributed by atoms with Gasteiger partial charge in [-0.25, -0.2) is 8.42 Å². The van der Waals surface area contributed by atoms with Gasteiger partial charge in [0.15, 0.2) is 16.4 Å². The number of aryl methyl sites for hydroxylation is 2. The van der Waals surface area contributed by atoms with E-state index in [0.717, 1.165) is 22.2 Å². The highest BCUT2D eigenvalue weighted by atomic mass is 32.2. The Morgan fingerprint density at radius 1 is 1.15 bits per heavy atom. The van der Waals surface area contributed by atoms with Crippen LogP contribution < -0.4 is 10.2 Å². The molecule has 3 rings (SSSR count). The third kappa shape index (κ3) is 3.99. The number of rotatable bonds is 5. The molecular formula is C17H18N4O4S. The number of fused-ring (bicyclic) bond motifs is 1. The number of amides is 1. The van der Waals surface area contributed by atoms with Crippen LogP contribution in [-0.2, 0) is 14.6 Å². The smallest absolute Gasteiger partial charge is 0.265 e. The predicted octanol–water partition coefficient (Wildman–Crippen LogP) is 1.52. The summed E-state index contributed by atoms with van der Waals surface area (Å²) in [7, 11) is -3.37. The number of nitrogens with one attached hydrogen (secondary N) is 1. The molecule has 0 aliphatic carbocycles. The van der Waals surface area contributed by atoms with E-state index >= 15 is 0 Å². The summed E-state index contributed by atoms with van der Waals surface area (Å²) in [5.41, 5.74) is 3.59. The minimum atomic E-state index is -3.37. The van der Waals surface area contributed by atoms with Crippen molar-refractivity contribution in [3.63, 3.8) is 0 Å². The Morgan fingerprint density at radius 2 is 1.85 bits per heavy atom. The summed E-state index contributed by atoms with van der Waals surface area (Å²) in [6.07, 6.45) is 1.11. The van der Waals surface area contributed by atoms with E-state index in [-0.39, 0.29) is 17.4 Å². The number of benzene rings is 2. The van der Waals surface area contributed by atoms with Crippen molar-refractivity contribution < 1.29 is 18.0 Å². The van der Waals surface area contributed by atoms with E-state index in [1.807, 2.05) is 32.0 Å². The first-order valence-corrected chi connectivity index (χ1v) is 9.68. The van der Waals surface area contributed by atoms with Crippen molar-refractivity contribution in [3.05, 3.63) is 47.5 Å².